The van der Waals surface area contributed by atoms with E-state index in [-0.39, 0.29) is 11.1 Å². The Morgan fingerprint density at radius 3 is 2.72 bits per heavy atom. The Morgan fingerprint density at radius 1 is 1.32 bits per heavy atom. The number of carbonyl (C=O) groups is 1. The van der Waals surface area contributed by atoms with Crippen LogP contribution in [0.5, 0.6) is 0 Å². The van der Waals surface area contributed by atoms with E-state index in [1.165, 1.54) is 33.8 Å². The van der Waals surface area contributed by atoms with E-state index in [9.17, 15) is 4.79 Å². The molecule has 1 aliphatic heterocycles. The fourth-order valence-electron chi connectivity index (χ4n) is 3.25. The Hall–Kier alpha value is -2.07. The second kappa shape index (κ2) is 6.68. The first-order valence-corrected chi connectivity index (χ1v) is 9.42. The van der Waals surface area contributed by atoms with Gasteiger partial charge in [-0.3, -0.25) is 0 Å². The van der Waals surface area contributed by atoms with Crippen molar-refractivity contribution in [2.75, 3.05) is 5.75 Å². The number of thioether (sulfide) groups is 1. The first-order valence-electron chi connectivity index (χ1n) is 8.44. The van der Waals surface area contributed by atoms with Gasteiger partial charge < -0.3 is 5.11 Å². The molecule has 2 aromatic rings. The number of hydrogen-bond donors (Lipinski definition) is 1. The molecule has 0 fully saturated rings. The highest BCUT2D eigenvalue weighted by Gasteiger charge is 2.28. The summed E-state index contributed by atoms with van der Waals surface area (Å²) in [4.78, 5) is 16.3. The highest BCUT2D eigenvalue weighted by Crippen LogP contribution is 2.43. The topological polar surface area (TPSA) is 50.2 Å². The first kappa shape index (κ1) is 17.7. The predicted octanol–water partition coefficient (Wildman–Crippen LogP) is 5.42. The average molecular weight is 353 g/mol. The van der Waals surface area contributed by atoms with Gasteiger partial charge in [0.15, 0.2) is 0 Å². The third kappa shape index (κ3) is 3.64. The molecule has 0 amide bonds. The zero-order valence-corrected chi connectivity index (χ0v) is 15.9. The zero-order valence-electron chi connectivity index (χ0n) is 15.1. The third-order valence-electron chi connectivity index (χ3n) is 4.85. The van der Waals surface area contributed by atoms with Crippen molar-refractivity contribution in [1.29, 1.82) is 0 Å². The number of nitrogens with zero attached hydrogens (tertiary/aromatic N) is 1. The largest absolute Gasteiger partial charge is 0.477 e. The third-order valence-corrected chi connectivity index (χ3v) is 5.91. The van der Waals surface area contributed by atoms with E-state index in [0.717, 1.165) is 11.1 Å². The highest BCUT2D eigenvalue weighted by molar-refractivity contribution is 7.99. The number of hydrogen-bond acceptors (Lipinski definition) is 3. The summed E-state index contributed by atoms with van der Waals surface area (Å²) in [6.07, 6.45) is 4.87. The van der Waals surface area contributed by atoms with Gasteiger partial charge in [0.2, 0.25) is 0 Å². The van der Waals surface area contributed by atoms with Crippen molar-refractivity contribution in [1.82, 2.24) is 4.98 Å². The number of benzene rings is 1. The van der Waals surface area contributed by atoms with Gasteiger partial charge in [-0.05, 0) is 83.5 Å². The second-order valence-corrected chi connectivity index (χ2v) is 8.39. The summed E-state index contributed by atoms with van der Waals surface area (Å²) in [5.41, 5.74) is 6.29. The molecule has 0 saturated carbocycles. The summed E-state index contributed by atoms with van der Waals surface area (Å²) in [6, 6.07) is 7.98. The Kier molecular flexibility index (Phi) is 4.74. The number of rotatable bonds is 3. The van der Waals surface area contributed by atoms with E-state index in [1.54, 1.807) is 18.3 Å². The highest BCUT2D eigenvalue weighted by atomic mass is 32.2. The van der Waals surface area contributed by atoms with E-state index in [0.29, 0.717) is 0 Å². The van der Waals surface area contributed by atoms with Crippen LogP contribution in [-0.4, -0.2) is 21.8 Å². The van der Waals surface area contributed by atoms with E-state index in [4.69, 9.17) is 5.11 Å². The van der Waals surface area contributed by atoms with Crippen molar-refractivity contribution >= 4 is 29.4 Å². The smallest absolute Gasteiger partial charge is 0.354 e. The molecule has 0 bridgehead atoms. The summed E-state index contributed by atoms with van der Waals surface area (Å²) in [7, 11) is 0. The lowest BCUT2D eigenvalue weighted by Gasteiger charge is -2.33. The monoisotopic (exact) mass is 353 g/mol. The molecule has 0 atom stereocenters. The van der Waals surface area contributed by atoms with Gasteiger partial charge in [0.05, 0.1) is 0 Å². The molecule has 130 valence electrons. The molecule has 0 aliphatic carbocycles. The molecule has 0 radical (unpaired) electrons. The molecule has 4 heteroatoms. The van der Waals surface area contributed by atoms with Gasteiger partial charge in [-0.25, -0.2) is 9.78 Å². The van der Waals surface area contributed by atoms with Crippen LogP contribution >= 0.6 is 11.8 Å². The molecule has 1 N–H and O–H groups in total. The van der Waals surface area contributed by atoms with Crippen LogP contribution < -0.4 is 0 Å². The summed E-state index contributed by atoms with van der Waals surface area (Å²) in [5.74, 6) is 0.173. The molecule has 1 aromatic carbocycles. The first-order chi connectivity index (χ1) is 11.8. The fourth-order valence-corrected chi connectivity index (χ4v) is 4.83. The molecule has 3 nitrogen and oxygen atoms in total. The number of allylic oxidation sites excluding steroid dienone is 1. The number of fused-ring (bicyclic) bond motifs is 1. The van der Waals surface area contributed by atoms with Crippen molar-refractivity contribution in [3.63, 3.8) is 0 Å². The molecule has 1 aromatic heterocycles. The lowest BCUT2D eigenvalue weighted by molar-refractivity contribution is 0.0690. The van der Waals surface area contributed by atoms with Gasteiger partial charge in [-0.15, -0.1) is 11.8 Å². The number of aromatic nitrogens is 1. The second-order valence-electron chi connectivity index (χ2n) is 7.25. The zero-order chi connectivity index (χ0) is 18.2. The molecule has 25 heavy (non-hydrogen) atoms. The van der Waals surface area contributed by atoms with Gasteiger partial charge in [0, 0.05) is 11.1 Å². The maximum absolute atomic E-state index is 10.9. The summed E-state index contributed by atoms with van der Waals surface area (Å²) in [6.45, 7) is 8.89. The van der Waals surface area contributed by atoms with Crippen LogP contribution in [0.2, 0.25) is 0 Å². The predicted molar refractivity (Wildman–Crippen MR) is 104 cm³/mol. The van der Waals surface area contributed by atoms with Crippen LogP contribution in [0, 0.1) is 6.92 Å². The molecule has 0 unspecified atom stereocenters. The Bertz CT molecular complexity index is 851. The standard InChI is InChI=1S/C21H23NO2S/c1-13(9-15-5-6-18(20(23)24)22-12-15)16-11-17-19(10-14(16)2)25-8-7-21(17,3)4/h5-6,9-12H,7-8H2,1-4H3,(H,23,24)/b13-9+. The number of pyridine rings is 1. The molecule has 0 spiro atoms. The molecule has 2 heterocycles. The fraction of sp³-hybridized carbons (Fsp3) is 0.333. The van der Waals surface area contributed by atoms with Crippen LogP contribution in [0.4, 0.5) is 0 Å². The maximum Gasteiger partial charge on any atom is 0.354 e. The van der Waals surface area contributed by atoms with Gasteiger partial charge in [0.1, 0.15) is 5.69 Å². The van der Waals surface area contributed by atoms with Gasteiger partial charge in [0.25, 0.3) is 0 Å². The van der Waals surface area contributed by atoms with Crippen molar-refractivity contribution in [2.45, 2.75) is 44.4 Å². The number of aromatic carboxylic acids is 1. The van der Waals surface area contributed by atoms with Gasteiger partial charge in [-0.2, -0.15) is 0 Å². The van der Waals surface area contributed by atoms with Crippen LogP contribution in [0.3, 0.4) is 0 Å². The van der Waals surface area contributed by atoms with Crippen molar-refractivity contribution in [3.8, 4) is 0 Å². The van der Waals surface area contributed by atoms with E-state index >= 15 is 0 Å². The summed E-state index contributed by atoms with van der Waals surface area (Å²) >= 11 is 1.95. The molecule has 3 rings (SSSR count). The number of carboxylic acid groups (broad SMARTS) is 1. The minimum absolute atomic E-state index is 0.0681. The normalized spacial score (nSPS) is 16.4. The number of aryl methyl sites for hydroxylation is 1. The van der Waals surface area contributed by atoms with E-state index in [2.05, 4.69) is 50.9 Å². The quantitative estimate of drug-likeness (QED) is 0.800. The van der Waals surface area contributed by atoms with Crippen molar-refractivity contribution in [2.24, 2.45) is 0 Å². The lowest BCUT2D eigenvalue weighted by atomic mass is 9.80. The SMILES string of the molecule is C/C(=C\c1ccc(C(=O)O)nc1)c1cc2c(cc1C)SCCC2(C)C. The Labute approximate surface area is 153 Å². The minimum Gasteiger partial charge on any atom is -0.477 e. The average Bonchev–Trinajstić information content (AvgIpc) is 2.54. The van der Waals surface area contributed by atoms with Crippen LogP contribution in [0.1, 0.15) is 59.9 Å². The summed E-state index contributed by atoms with van der Waals surface area (Å²) in [5, 5.41) is 8.95. The molecular formula is C21H23NO2S. The van der Waals surface area contributed by atoms with Crippen LogP contribution in [0.15, 0.2) is 35.4 Å². The Balaban J connectivity index is 1.99. The molecular weight excluding hydrogens is 330 g/mol. The van der Waals surface area contributed by atoms with Gasteiger partial charge >= 0.3 is 5.97 Å². The molecule has 1 aliphatic rings. The maximum atomic E-state index is 10.9. The van der Waals surface area contributed by atoms with Crippen LogP contribution in [0.25, 0.3) is 11.6 Å². The summed E-state index contributed by atoms with van der Waals surface area (Å²) < 4.78 is 0. The molecule has 0 saturated heterocycles. The number of carboxylic acids is 1. The van der Waals surface area contributed by atoms with Crippen molar-refractivity contribution in [3.05, 3.63) is 58.4 Å². The minimum atomic E-state index is -1.00. The lowest BCUT2D eigenvalue weighted by Crippen LogP contribution is -2.23. The van der Waals surface area contributed by atoms with Crippen molar-refractivity contribution < 1.29 is 9.90 Å². The van der Waals surface area contributed by atoms with E-state index in [1.807, 2.05) is 11.8 Å². The Morgan fingerprint density at radius 2 is 2.08 bits per heavy atom. The van der Waals surface area contributed by atoms with Crippen LogP contribution in [-0.2, 0) is 5.41 Å². The van der Waals surface area contributed by atoms with Gasteiger partial charge in [-0.1, -0.05) is 19.9 Å². The van der Waals surface area contributed by atoms with E-state index < -0.39 is 5.97 Å².